The molecule has 1 aromatic heterocycles. The average molecular weight is 752 g/mol. The van der Waals surface area contributed by atoms with Crippen LogP contribution in [-0.2, 0) is 5.41 Å². The molecule has 1 aliphatic rings. The summed E-state index contributed by atoms with van der Waals surface area (Å²) in [5, 5.41) is 4.80. The third-order valence-corrected chi connectivity index (χ3v) is 12.5. The molecule has 2 nitrogen and oxygen atoms in total. The summed E-state index contributed by atoms with van der Waals surface area (Å²) in [5.41, 5.74) is 16.8. The smallest absolute Gasteiger partial charge is 0.143 e. The Morgan fingerprint density at radius 1 is 0.339 bits per heavy atom. The summed E-state index contributed by atoms with van der Waals surface area (Å²) in [6.07, 6.45) is 0. The molecule has 59 heavy (non-hydrogen) atoms. The third-order valence-electron chi connectivity index (χ3n) is 12.5. The van der Waals surface area contributed by atoms with E-state index in [1.54, 1.807) is 0 Å². The first-order valence-electron chi connectivity index (χ1n) is 20.3. The molecule has 0 fully saturated rings. The maximum atomic E-state index is 6.61. The summed E-state index contributed by atoms with van der Waals surface area (Å²) >= 11 is 0. The highest BCUT2D eigenvalue weighted by atomic mass is 16.3. The molecule has 2 heteroatoms. The monoisotopic (exact) mass is 751 g/mol. The van der Waals surface area contributed by atoms with Gasteiger partial charge in [0.15, 0.2) is 0 Å². The second kappa shape index (κ2) is 13.2. The SMILES string of the molecule is c1ccc(-c2ccc(N(c3ccc(-c4ccc5ccc6cccc7oc4c5c67)cc3)c3ccc4c(c3)C(c3ccccc3)(c3ccccc3)c3ccccc3-4)cc2)cc1. The zero-order chi connectivity index (χ0) is 38.9. The van der Waals surface area contributed by atoms with E-state index < -0.39 is 5.41 Å². The molecule has 0 N–H and O–H groups in total. The molecule has 11 aromatic rings. The van der Waals surface area contributed by atoms with E-state index in [9.17, 15) is 0 Å². The Hall–Kier alpha value is -7.68. The van der Waals surface area contributed by atoms with Crippen molar-refractivity contribution in [1.82, 2.24) is 0 Å². The second-order valence-corrected chi connectivity index (χ2v) is 15.6. The van der Waals surface area contributed by atoms with Gasteiger partial charge in [0.1, 0.15) is 11.2 Å². The summed E-state index contributed by atoms with van der Waals surface area (Å²) in [4.78, 5) is 2.40. The first kappa shape index (κ1) is 33.5. The maximum Gasteiger partial charge on any atom is 0.143 e. The van der Waals surface area contributed by atoms with Crippen LogP contribution in [0.4, 0.5) is 17.1 Å². The van der Waals surface area contributed by atoms with Gasteiger partial charge in [0.25, 0.3) is 0 Å². The minimum absolute atomic E-state index is 0.501. The fourth-order valence-corrected chi connectivity index (χ4v) is 9.90. The fraction of sp³-hybridized carbons (Fsp3) is 0.0175. The molecule has 0 amide bonds. The molecule has 10 aromatic carbocycles. The first-order valence-corrected chi connectivity index (χ1v) is 20.3. The Labute approximate surface area is 343 Å². The topological polar surface area (TPSA) is 16.4 Å². The number of benzene rings is 10. The van der Waals surface area contributed by atoms with Crippen molar-refractivity contribution in [2.24, 2.45) is 0 Å². The van der Waals surface area contributed by atoms with Crippen molar-refractivity contribution >= 4 is 49.8 Å². The van der Waals surface area contributed by atoms with E-state index in [-0.39, 0.29) is 0 Å². The molecule has 12 rings (SSSR count). The Morgan fingerprint density at radius 3 is 1.56 bits per heavy atom. The summed E-state index contributed by atoms with van der Waals surface area (Å²) in [6.45, 7) is 0. The van der Waals surface area contributed by atoms with Gasteiger partial charge in [-0.2, -0.15) is 0 Å². The van der Waals surface area contributed by atoms with Crippen molar-refractivity contribution in [2.75, 3.05) is 4.90 Å². The molecule has 0 saturated carbocycles. The van der Waals surface area contributed by atoms with E-state index in [0.29, 0.717) is 0 Å². The molecule has 0 atom stereocenters. The van der Waals surface area contributed by atoms with Crippen molar-refractivity contribution in [3.05, 3.63) is 247 Å². The summed E-state index contributed by atoms with van der Waals surface area (Å²) in [6, 6.07) is 81.8. The van der Waals surface area contributed by atoms with Gasteiger partial charge >= 0.3 is 0 Å². The summed E-state index contributed by atoms with van der Waals surface area (Å²) in [7, 11) is 0. The van der Waals surface area contributed by atoms with Gasteiger partial charge in [-0.15, -0.1) is 0 Å². The first-order chi connectivity index (χ1) is 29.3. The lowest BCUT2D eigenvalue weighted by Crippen LogP contribution is -2.28. The zero-order valence-electron chi connectivity index (χ0n) is 32.2. The van der Waals surface area contributed by atoms with E-state index in [1.165, 1.54) is 66.1 Å². The lowest BCUT2D eigenvalue weighted by molar-refractivity contribution is 0.670. The van der Waals surface area contributed by atoms with Crippen LogP contribution >= 0.6 is 0 Å². The average Bonchev–Trinajstić information content (AvgIpc) is 3.85. The molecule has 276 valence electrons. The molecule has 1 heterocycles. The van der Waals surface area contributed by atoms with Crippen LogP contribution in [-0.4, -0.2) is 0 Å². The molecule has 0 unspecified atom stereocenters. The van der Waals surface area contributed by atoms with Crippen LogP contribution in [0, 0.1) is 0 Å². The fourth-order valence-electron chi connectivity index (χ4n) is 9.90. The van der Waals surface area contributed by atoms with Gasteiger partial charge in [0.05, 0.1) is 5.41 Å². The van der Waals surface area contributed by atoms with E-state index in [2.05, 4.69) is 229 Å². The number of anilines is 3. The normalized spacial score (nSPS) is 12.9. The predicted octanol–water partition coefficient (Wildman–Crippen LogP) is 15.3. The summed E-state index contributed by atoms with van der Waals surface area (Å²) in [5.74, 6) is 0. The highest BCUT2D eigenvalue weighted by Gasteiger charge is 2.46. The molecule has 0 bridgehead atoms. The van der Waals surface area contributed by atoms with Gasteiger partial charge in [0, 0.05) is 33.4 Å². The maximum absolute atomic E-state index is 6.61. The van der Waals surface area contributed by atoms with Crippen LogP contribution in [0.3, 0.4) is 0 Å². The molecule has 0 aliphatic heterocycles. The van der Waals surface area contributed by atoms with Gasteiger partial charge in [0.2, 0.25) is 0 Å². The van der Waals surface area contributed by atoms with Gasteiger partial charge in [-0.05, 0) is 109 Å². The third kappa shape index (κ3) is 5.06. The van der Waals surface area contributed by atoms with Crippen LogP contribution < -0.4 is 4.90 Å². The Kier molecular flexibility index (Phi) is 7.48. The van der Waals surface area contributed by atoms with Crippen molar-refractivity contribution in [2.45, 2.75) is 5.41 Å². The number of furan rings is 1. The largest absolute Gasteiger partial charge is 0.455 e. The lowest BCUT2D eigenvalue weighted by atomic mass is 9.67. The molecule has 0 spiro atoms. The zero-order valence-corrected chi connectivity index (χ0v) is 32.2. The molecular formula is C57H37NO. The summed E-state index contributed by atoms with van der Waals surface area (Å²) < 4.78 is 6.61. The van der Waals surface area contributed by atoms with Crippen molar-refractivity contribution < 1.29 is 4.42 Å². The standard InChI is InChI=1S/C57H37NO/c1-4-13-38(14-5-1)39-25-30-45(31-26-39)58(46-32-27-40(28-33-46)48-35-29-42-24-23-41-15-12-22-53-54(41)55(42)56(48)59-53)47-34-36-50-49-20-10-11-21-51(49)57(52(50)37-47,43-16-6-2-7-17-43)44-18-8-3-9-19-44/h1-37H. The second-order valence-electron chi connectivity index (χ2n) is 15.6. The van der Waals surface area contributed by atoms with Crippen molar-refractivity contribution in [3.8, 4) is 33.4 Å². The number of fused-ring (bicyclic) bond motifs is 3. The number of nitrogens with zero attached hydrogens (tertiary/aromatic N) is 1. The van der Waals surface area contributed by atoms with Crippen molar-refractivity contribution in [1.29, 1.82) is 0 Å². The van der Waals surface area contributed by atoms with E-state index in [1.807, 2.05) is 0 Å². The number of hydrogen-bond acceptors (Lipinski definition) is 2. The van der Waals surface area contributed by atoms with E-state index >= 15 is 0 Å². The highest BCUT2D eigenvalue weighted by Crippen LogP contribution is 2.57. The minimum atomic E-state index is -0.501. The van der Waals surface area contributed by atoms with Crippen LogP contribution in [0.1, 0.15) is 22.3 Å². The van der Waals surface area contributed by atoms with Crippen LogP contribution in [0.15, 0.2) is 229 Å². The Morgan fingerprint density at radius 2 is 0.864 bits per heavy atom. The Balaban J connectivity index is 1.05. The minimum Gasteiger partial charge on any atom is -0.455 e. The molecular weight excluding hydrogens is 715 g/mol. The molecule has 0 saturated heterocycles. The van der Waals surface area contributed by atoms with E-state index in [0.717, 1.165) is 39.4 Å². The van der Waals surface area contributed by atoms with Gasteiger partial charge in [-0.3, -0.25) is 0 Å². The predicted molar refractivity (Wildman–Crippen MR) is 245 cm³/mol. The van der Waals surface area contributed by atoms with E-state index in [4.69, 9.17) is 4.42 Å². The Bertz CT molecular complexity index is 3250. The molecule has 0 radical (unpaired) electrons. The number of hydrogen-bond donors (Lipinski definition) is 0. The van der Waals surface area contributed by atoms with Crippen LogP contribution in [0.5, 0.6) is 0 Å². The van der Waals surface area contributed by atoms with Crippen LogP contribution in [0.2, 0.25) is 0 Å². The number of rotatable bonds is 7. The quantitative estimate of drug-likeness (QED) is 0.151. The van der Waals surface area contributed by atoms with Gasteiger partial charge in [-0.25, -0.2) is 0 Å². The van der Waals surface area contributed by atoms with Gasteiger partial charge < -0.3 is 9.32 Å². The highest BCUT2D eigenvalue weighted by molar-refractivity contribution is 6.24. The molecule has 1 aliphatic carbocycles. The van der Waals surface area contributed by atoms with Gasteiger partial charge in [-0.1, -0.05) is 176 Å². The lowest BCUT2D eigenvalue weighted by Gasteiger charge is -2.35. The van der Waals surface area contributed by atoms with Crippen molar-refractivity contribution in [3.63, 3.8) is 0 Å². The van der Waals surface area contributed by atoms with Crippen LogP contribution in [0.25, 0.3) is 66.1 Å².